The van der Waals surface area contributed by atoms with Gasteiger partial charge < -0.3 is 10.1 Å². The maximum atomic E-state index is 5.16. The monoisotopic (exact) mass is 287 g/mol. The minimum atomic E-state index is 0.367. The van der Waals surface area contributed by atoms with Crippen LogP contribution in [0.2, 0.25) is 0 Å². The Bertz CT molecular complexity index is 451. The summed E-state index contributed by atoms with van der Waals surface area (Å²) in [4.78, 5) is 0. The molecule has 0 aromatic heterocycles. The number of methoxy groups -OCH3 is 1. The van der Waals surface area contributed by atoms with Gasteiger partial charge in [-0.1, -0.05) is 42.7 Å². The standard InChI is InChI=1S/C19H29NO/c1-16-5-7-17(8-6-16)19(15-20-11-12-21-2)13-18(14-19)9-3-4-10-18/h5-8,20H,3-4,9-15H2,1-2H3. The highest BCUT2D eigenvalue weighted by Crippen LogP contribution is 2.62. The molecule has 0 atom stereocenters. The van der Waals surface area contributed by atoms with E-state index in [-0.39, 0.29) is 0 Å². The first kappa shape index (κ1) is 15.1. The second-order valence-electron chi connectivity index (χ2n) is 7.38. The van der Waals surface area contributed by atoms with Crippen molar-refractivity contribution in [3.05, 3.63) is 35.4 Å². The molecular weight excluding hydrogens is 258 g/mol. The van der Waals surface area contributed by atoms with Gasteiger partial charge in [0.15, 0.2) is 0 Å². The summed E-state index contributed by atoms with van der Waals surface area (Å²) in [5.41, 5.74) is 3.94. The second-order valence-corrected chi connectivity index (χ2v) is 7.38. The number of hydrogen-bond donors (Lipinski definition) is 1. The summed E-state index contributed by atoms with van der Waals surface area (Å²) in [6.07, 6.45) is 8.56. The fraction of sp³-hybridized carbons (Fsp3) is 0.684. The average Bonchev–Trinajstić information content (AvgIpc) is 2.92. The molecular formula is C19H29NO. The topological polar surface area (TPSA) is 21.3 Å². The molecule has 0 heterocycles. The van der Waals surface area contributed by atoms with E-state index >= 15 is 0 Å². The van der Waals surface area contributed by atoms with Crippen LogP contribution < -0.4 is 5.32 Å². The van der Waals surface area contributed by atoms with Crippen molar-refractivity contribution in [1.82, 2.24) is 5.32 Å². The van der Waals surface area contributed by atoms with Crippen LogP contribution in [0.4, 0.5) is 0 Å². The third kappa shape index (κ3) is 3.02. The number of aryl methyl sites for hydroxylation is 1. The molecule has 2 heteroatoms. The third-order valence-electron chi connectivity index (χ3n) is 5.70. The molecule has 0 radical (unpaired) electrons. The molecule has 21 heavy (non-hydrogen) atoms. The molecule has 0 unspecified atom stereocenters. The Kier molecular flexibility index (Phi) is 4.37. The Morgan fingerprint density at radius 1 is 1.10 bits per heavy atom. The Morgan fingerprint density at radius 3 is 2.38 bits per heavy atom. The lowest BCUT2D eigenvalue weighted by Gasteiger charge is -2.56. The lowest BCUT2D eigenvalue weighted by molar-refractivity contribution is 0.0260. The predicted octanol–water partition coefficient (Wildman–Crippen LogP) is 3.82. The average molecular weight is 287 g/mol. The molecule has 2 saturated carbocycles. The summed E-state index contributed by atoms with van der Waals surface area (Å²) in [6, 6.07) is 9.25. The number of hydrogen-bond acceptors (Lipinski definition) is 2. The summed E-state index contributed by atoms with van der Waals surface area (Å²) < 4.78 is 5.16. The maximum absolute atomic E-state index is 5.16. The first-order chi connectivity index (χ1) is 10.2. The van der Waals surface area contributed by atoms with Gasteiger partial charge in [0.2, 0.25) is 0 Å². The van der Waals surface area contributed by atoms with E-state index in [4.69, 9.17) is 4.74 Å². The van der Waals surface area contributed by atoms with Gasteiger partial charge in [0, 0.05) is 25.6 Å². The normalized spacial score (nSPS) is 22.4. The first-order valence-electron chi connectivity index (χ1n) is 8.45. The minimum Gasteiger partial charge on any atom is -0.383 e. The highest BCUT2D eigenvalue weighted by atomic mass is 16.5. The summed E-state index contributed by atoms with van der Waals surface area (Å²) in [6.45, 7) is 5.03. The first-order valence-corrected chi connectivity index (χ1v) is 8.45. The Balaban J connectivity index is 1.71. The fourth-order valence-electron chi connectivity index (χ4n) is 4.70. The molecule has 2 fully saturated rings. The van der Waals surface area contributed by atoms with E-state index in [1.807, 2.05) is 0 Å². The molecule has 116 valence electrons. The smallest absolute Gasteiger partial charge is 0.0587 e. The lowest BCUT2D eigenvalue weighted by Crippen LogP contribution is -2.54. The molecule has 1 aromatic rings. The number of ether oxygens (including phenoxy) is 1. The molecule has 1 N–H and O–H groups in total. The fourth-order valence-corrected chi connectivity index (χ4v) is 4.70. The molecule has 2 aliphatic carbocycles. The molecule has 0 bridgehead atoms. The van der Waals surface area contributed by atoms with E-state index in [2.05, 4.69) is 36.5 Å². The summed E-state index contributed by atoms with van der Waals surface area (Å²) in [5, 5.41) is 3.62. The van der Waals surface area contributed by atoms with Crippen LogP contribution >= 0.6 is 0 Å². The third-order valence-corrected chi connectivity index (χ3v) is 5.70. The maximum Gasteiger partial charge on any atom is 0.0587 e. The summed E-state index contributed by atoms with van der Waals surface area (Å²) in [5.74, 6) is 0. The van der Waals surface area contributed by atoms with Crippen molar-refractivity contribution in [2.75, 3.05) is 26.8 Å². The molecule has 2 nitrogen and oxygen atoms in total. The number of nitrogens with one attached hydrogen (secondary N) is 1. The van der Waals surface area contributed by atoms with Crippen LogP contribution in [-0.4, -0.2) is 26.8 Å². The molecule has 1 spiro atoms. The van der Waals surface area contributed by atoms with Gasteiger partial charge in [0.25, 0.3) is 0 Å². The van der Waals surface area contributed by atoms with Crippen molar-refractivity contribution >= 4 is 0 Å². The van der Waals surface area contributed by atoms with Crippen LogP contribution in [0.25, 0.3) is 0 Å². The molecule has 2 aliphatic rings. The van der Waals surface area contributed by atoms with E-state index < -0.39 is 0 Å². The van der Waals surface area contributed by atoms with Crippen molar-refractivity contribution in [3.8, 4) is 0 Å². The number of rotatable bonds is 6. The predicted molar refractivity (Wildman–Crippen MR) is 87.7 cm³/mol. The summed E-state index contributed by atoms with van der Waals surface area (Å²) in [7, 11) is 1.77. The molecule has 1 aromatic carbocycles. The van der Waals surface area contributed by atoms with Gasteiger partial charge in [0.1, 0.15) is 0 Å². The Morgan fingerprint density at radius 2 is 1.76 bits per heavy atom. The SMILES string of the molecule is COCCNCC1(c2ccc(C)cc2)CC2(CCCC2)C1. The van der Waals surface area contributed by atoms with Crippen LogP contribution in [-0.2, 0) is 10.2 Å². The zero-order chi connectivity index (χ0) is 14.8. The van der Waals surface area contributed by atoms with Gasteiger partial charge in [-0.25, -0.2) is 0 Å². The quantitative estimate of drug-likeness (QED) is 0.803. The van der Waals surface area contributed by atoms with E-state index in [9.17, 15) is 0 Å². The van der Waals surface area contributed by atoms with E-state index in [0.717, 1.165) is 19.7 Å². The van der Waals surface area contributed by atoms with Crippen LogP contribution in [0.15, 0.2) is 24.3 Å². The number of benzene rings is 1. The largest absolute Gasteiger partial charge is 0.383 e. The van der Waals surface area contributed by atoms with Gasteiger partial charge in [-0.15, -0.1) is 0 Å². The van der Waals surface area contributed by atoms with Crippen LogP contribution in [0.3, 0.4) is 0 Å². The van der Waals surface area contributed by atoms with Gasteiger partial charge in [-0.05, 0) is 43.6 Å². The highest BCUT2D eigenvalue weighted by Gasteiger charge is 2.55. The molecule has 0 amide bonds. The van der Waals surface area contributed by atoms with Gasteiger partial charge >= 0.3 is 0 Å². The van der Waals surface area contributed by atoms with Gasteiger partial charge in [-0.2, -0.15) is 0 Å². The van der Waals surface area contributed by atoms with Crippen molar-refractivity contribution in [2.24, 2.45) is 5.41 Å². The van der Waals surface area contributed by atoms with E-state index in [1.165, 1.54) is 49.7 Å². The summed E-state index contributed by atoms with van der Waals surface area (Å²) >= 11 is 0. The lowest BCUT2D eigenvalue weighted by atomic mass is 9.49. The molecule has 3 rings (SSSR count). The van der Waals surface area contributed by atoms with Crippen molar-refractivity contribution in [1.29, 1.82) is 0 Å². The van der Waals surface area contributed by atoms with Crippen molar-refractivity contribution < 1.29 is 4.74 Å². The highest BCUT2D eigenvalue weighted by molar-refractivity contribution is 5.34. The van der Waals surface area contributed by atoms with E-state index in [1.54, 1.807) is 7.11 Å². The van der Waals surface area contributed by atoms with Crippen molar-refractivity contribution in [2.45, 2.75) is 50.9 Å². The zero-order valence-electron chi connectivity index (χ0n) is 13.6. The van der Waals surface area contributed by atoms with Gasteiger partial charge in [-0.3, -0.25) is 0 Å². The van der Waals surface area contributed by atoms with Crippen molar-refractivity contribution in [3.63, 3.8) is 0 Å². The van der Waals surface area contributed by atoms with Gasteiger partial charge in [0.05, 0.1) is 6.61 Å². The molecule has 0 aliphatic heterocycles. The Hall–Kier alpha value is -0.860. The van der Waals surface area contributed by atoms with Crippen LogP contribution in [0.5, 0.6) is 0 Å². The van der Waals surface area contributed by atoms with E-state index in [0.29, 0.717) is 10.8 Å². The Labute approximate surface area is 129 Å². The molecule has 0 saturated heterocycles. The van der Waals surface area contributed by atoms with Crippen LogP contribution in [0, 0.1) is 12.3 Å². The zero-order valence-corrected chi connectivity index (χ0v) is 13.6. The minimum absolute atomic E-state index is 0.367. The second kappa shape index (κ2) is 6.10. The van der Waals surface area contributed by atoms with Crippen LogP contribution in [0.1, 0.15) is 49.7 Å².